The second kappa shape index (κ2) is 3.15. The summed E-state index contributed by atoms with van der Waals surface area (Å²) in [4.78, 5) is 18.0. The average molecular weight is 211 g/mol. The fourth-order valence-electron chi connectivity index (χ4n) is 0.938. The standard InChI is InChI=1S/C7H3ClN4O2/c8-7-10-5-2-9-4(6(13)14)1-3(5)11-12-7/h1-2H,(H,13,14). The monoisotopic (exact) mass is 210 g/mol. The maximum absolute atomic E-state index is 10.6. The van der Waals surface area contributed by atoms with E-state index in [1.54, 1.807) is 0 Å². The molecule has 0 unspecified atom stereocenters. The Kier molecular flexibility index (Phi) is 1.97. The van der Waals surface area contributed by atoms with Crippen LogP contribution in [0, 0.1) is 0 Å². The summed E-state index contributed by atoms with van der Waals surface area (Å²) in [5, 5.41) is 15.8. The van der Waals surface area contributed by atoms with Gasteiger partial charge in [-0.25, -0.2) is 14.8 Å². The van der Waals surface area contributed by atoms with Crippen LogP contribution in [0.4, 0.5) is 0 Å². The van der Waals surface area contributed by atoms with Crippen molar-refractivity contribution in [1.82, 2.24) is 20.2 Å². The van der Waals surface area contributed by atoms with Crippen LogP contribution in [0.15, 0.2) is 12.3 Å². The highest BCUT2D eigenvalue weighted by molar-refractivity contribution is 6.28. The van der Waals surface area contributed by atoms with Gasteiger partial charge >= 0.3 is 5.97 Å². The molecule has 0 aromatic carbocycles. The summed E-state index contributed by atoms with van der Waals surface area (Å²) in [7, 11) is 0. The third-order valence-corrected chi connectivity index (χ3v) is 1.69. The first kappa shape index (κ1) is 8.76. The third kappa shape index (κ3) is 1.47. The zero-order valence-electron chi connectivity index (χ0n) is 6.68. The summed E-state index contributed by atoms with van der Waals surface area (Å²) in [5.41, 5.74) is 0.660. The van der Waals surface area contributed by atoms with E-state index in [1.165, 1.54) is 12.3 Å². The van der Waals surface area contributed by atoms with E-state index >= 15 is 0 Å². The van der Waals surface area contributed by atoms with E-state index in [2.05, 4.69) is 20.2 Å². The number of fused-ring (bicyclic) bond motifs is 1. The van der Waals surface area contributed by atoms with Gasteiger partial charge in [0, 0.05) is 6.07 Å². The fourth-order valence-corrected chi connectivity index (χ4v) is 1.07. The van der Waals surface area contributed by atoms with Gasteiger partial charge in [-0.3, -0.25) is 0 Å². The maximum atomic E-state index is 10.6. The van der Waals surface area contributed by atoms with Crippen molar-refractivity contribution in [3.8, 4) is 0 Å². The second-order valence-electron chi connectivity index (χ2n) is 2.44. The predicted molar refractivity (Wildman–Crippen MR) is 47.1 cm³/mol. The van der Waals surface area contributed by atoms with Crippen molar-refractivity contribution in [1.29, 1.82) is 0 Å². The Morgan fingerprint density at radius 2 is 2.14 bits per heavy atom. The van der Waals surface area contributed by atoms with Gasteiger partial charge in [-0.15, -0.1) is 10.2 Å². The van der Waals surface area contributed by atoms with E-state index in [-0.39, 0.29) is 11.0 Å². The molecule has 0 spiro atoms. The van der Waals surface area contributed by atoms with Gasteiger partial charge in [0.05, 0.1) is 6.20 Å². The van der Waals surface area contributed by atoms with Crippen LogP contribution in [-0.2, 0) is 0 Å². The molecule has 70 valence electrons. The van der Waals surface area contributed by atoms with Crippen LogP contribution in [0.25, 0.3) is 11.0 Å². The van der Waals surface area contributed by atoms with Gasteiger partial charge in [0.15, 0.2) is 5.69 Å². The van der Waals surface area contributed by atoms with Crippen molar-refractivity contribution in [2.24, 2.45) is 0 Å². The van der Waals surface area contributed by atoms with Gasteiger partial charge < -0.3 is 5.11 Å². The lowest BCUT2D eigenvalue weighted by Crippen LogP contribution is -2.01. The minimum atomic E-state index is -1.12. The number of aromatic nitrogens is 4. The number of nitrogens with zero attached hydrogens (tertiary/aromatic N) is 4. The van der Waals surface area contributed by atoms with Crippen LogP contribution in [0.1, 0.15) is 10.5 Å². The number of hydrogen-bond donors (Lipinski definition) is 1. The topological polar surface area (TPSA) is 88.9 Å². The zero-order chi connectivity index (χ0) is 10.1. The van der Waals surface area contributed by atoms with Crippen molar-refractivity contribution < 1.29 is 9.90 Å². The van der Waals surface area contributed by atoms with Crippen molar-refractivity contribution >= 4 is 28.6 Å². The molecule has 0 aliphatic rings. The molecule has 0 aliphatic carbocycles. The average Bonchev–Trinajstić information content (AvgIpc) is 2.16. The number of carboxylic acid groups (broad SMARTS) is 1. The summed E-state index contributed by atoms with van der Waals surface area (Å²) in [6.45, 7) is 0. The zero-order valence-corrected chi connectivity index (χ0v) is 7.43. The van der Waals surface area contributed by atoms with Gasteiger partial charge in [-0.1, -0.05) is 0 Å². The highest BCUT2D eigenvalue weighted by atomic mass is 35.5. The van der Waals surface area contributed by atoms with Crippen molar-refractivity contribution in [2.45, 2.75) is 0 Å². The molecule has 6 nitrogen and oxygen atoms in total. The van der Waals surface area contributed by atoms with Gasteiger partial charge in [0.25, 0.3) is 0 Å². The number of hydrogen-bond acceptors (Lipinski definition) is 5. The molecule has 7 heteroatoms. The molecule has 2 heterocycles. The van der Waals surface area contributed by atoms with Crippen LogP contribution in [0.5, 0.6) is 0 Å². The van der Waals surface area contributed by atoms with Crippen molar-refractivity contribution in [3.63, 3.8) is 0 Å². The Bertz CT molecular complexity index is 516. The predicted octanol–water partition coefficient (Wildman–Crippen LogP) is 0.771. The molecule has 2 aromatic rings. The Morgan fingerprint density at radius 1 is 1.36 bits per heavy atom. The largest absolute Gasteiger partial charge is 0.477 e. The minimum absolute atomic E-state index is 0.00220. The van der Waals surface area contributed by atoms with E-state index in [0.717, 1.165) is 0 Å². The van der Waals surface area contributed by atoms with Gasteiger partial charge in [0.2, 0.25) is 5.28 Å². The van der Waals surface area contributed by atoms with E-state index in [0.29, 0.717) is 11.0 Å². The van der Waals surface area contributed by atoms with E-state index in [4.69, 9.17) is 16.7 Å². The van der Waals surface area contributed by atoms with Crippen LogP contribution >= 0.6 is 11.6 Å². The minimum Gasteiger partial charge on any atom is -0.477 e. The number of carboxylic acids is 1. The number of rotatable bonds is 1. The molecular weight excluding hydrogens is 208 g/mol. The highest BCUT2D eigenvalue weighted by Crippen LogP contribution is 2.09. The molecule has 0 bridgehead atoms. The molecule has 0 saturated heterocycles. The van der Waals surface area contributed by atoms with Crippen LogP contribution < -0.4 is 0 Å². The summed E-state index contributed by atoms with van der Waals surface area (Å²) in [5.74, 6) is -1.12. The van der Waals surface area contributed by atoms with Gasteiger partial charge in [-0.05, 0) is 11.6 Å². The van der Waals surface area contributed by atoms with E-state index < -0.39 is 5.97 Å². The lowest BCUT2D eigenvalue weighted by atomic mass is 10.3. The normalized spacial score (nSPS) is 10.4. The lowest BCUT2D eigenvalue weighted by Gasteiger charge is -1.96. The van der Waals surface area contributed by atoms with Crippen LogP contribution in [-0.4, -0.2) is 31.2 Å². The first-order valence-electron chi connectivity index (χ1n) is 3.56. The summed E-state index contributed by atoms with van der Waals surface area (Å²) < 4.78 is 0. The number of carbonyl (C=O) groups is 1. The van der Waals surface area contributed by atoms with Crippen molar-refractivity contribution in [3.05, 3.63) is 23.2 Å². The molecule has 0 aliphatic heterocycles. The fraction of sp³-hybridized carbons (Fsp3) is 0. The summed E-state index contributed by atoms with van der Waals surface area (Å²) in [6.07, 6.45) is 1.29. The Balaban J connectivity index is 2.67. The molecule has 2 aromatic heterocycles. The van der Waals surface area contributed by atoms with Crippen LogP contribution in [0.3, 0.4) is 0 Å². The first-order valence-corrected chi connectivity index (χ1v) is 3.94. The molecule has 14 heavy (non-hydrogen) atoms. The number of halogens is 1. The molecule has 0 fully saturated rings. The third-order valence-electron chi connectivity index (χ3n) is 1.53. The van der Waals surface area contributed by atoms with E-state index in [1.807, 2.05) is 0 Å². The summed E-state index contributed by atoms with van der Waals surface area (Å²) in [6, 6.07) is 1.29. The number of pyridine rings is 1. The highest BCUT2D eigenvalue weighted by Gasteiger charge is 2.07. The Labute approximate surface area is 82.6 Å². The molecular formula is C7H3ClN4O2. The molecule has 0 amide bonds. The molecule has 0 radical (unpaired) electrons. The quantitative estimate of drug-likeness (QED) is 0.748. The maximum Gasteiger partial charge on any atom is 0.354 e. The van der Waals surface area contributed by atoms with Gasteiger partial charge in [0.1, 0.15) is 11.0 Å². The SMILES string of the molecule is O=C(O)c1cc2nnc(Cl)nc2cn1. The van der Waals surface area contributed by atoms with E-state index in [9.17, 15) is 4.79 Å². The first-order chi connectivity index (χ1) is 6.66. The second-order valence-corrected chi connectivity index (χ2v) is 2.78. The Morgan fingerprint density at radius 3 is 2.86 bits per heavy atom. The smallest absolute Gasteiger partial charge is 0.354 e. The molecule has 2 rings (SSSR count). The lowest BCUT2D eigenvalue weighted by molar-refractivity contribution is 0.0690. The van der Waals surface area contributed by atoms with Crippen LogP contribution in [0.2, 0.25) is 5.28 Å². The number of aromatic carboxylic acids is 1. The van der Waals surface area contributed by atoms with Crippen molar-refractivity contribution in [2.75, 3.05) is 0 Å². The molecule has 0 saturated carbocycles. The summed E-state index contributed by atoms with van der Waals surface area (Å²) >= 11 is 5.49. The van der Waals surface area contributed by atoms with Gasteiger partial charge in [-0.2, -0.15) is 0 Å². The Hall–Kier alpha value is -1.82. The molecule has 0 atom stereocenters. The molecule has 1 N–H and O–H groups in total.